The van der Waals surface area contributed by atoms with Crippen LogP contribution in [0.15, 0.2) is 24.3 Å². The zero-order chi connectivity index (χ0) is 12.7. The molecular weight excluding hydrogens is 238 g/mol. The number of aryl methyl sites for hydroxylation is 1. The average molecular weight is 253 g/mol. The molecular formula is C12H15NO3S. The Morgan fingerprint density at radius 2 is 1.94 bits per heavy atom. The Balaban J connectivity index is 2.44. The molecule has 1 amide bonds. The van der Waals surface area contributed by atoms with Gasteiger partial charge in [-0.15, -0.1) is 12.6 Å². The molecule has 0 saturated carbocycles. The van der Waals surface area contributed by atoms with Crippen molar-refractivity contribution >= 4 is 23.8 Å². The van der Waals surface area contributed by atoms with Gasteiger partial charge in [-0.05, 0) is 17.5 Å². The highest BCUT2D eigenvalue weighted by Crippen LogP contribution is 2.10. The van der Waals surface area contributed by atoms with Crippen molar-refractivity contribution in [3.05, 3.63) is 35.4 Å². The molecule has 0 saturated heterocycles. The summed E-state index contributed by atoms with van der Waals surface area (Å²) in [5, 5.41) is 1.90. The van der Waals surface area contributed by atoms with E-state index in [2.05, 4.69) is 17.9 Å². The molecule has 0 heterocycles. The van der Waals surface area contributed by atoms with Gasteiger partial charge in [0.2, 0.25) is 5.12 Å². The molecule has 0 aliphatic heterocycles. The van der Waals surface area contributed by atoms with Crippen molar-refractivity contribution in [1.82, 2.24) is 5.32 Å². The number of carbonyl (C=O) groups excluding carboxylic acids is 2. The number of hydrogen-bond acceptors (Lipinski definition) is 3. The molecule has 0 fully saturated rings. The second-order valence-corrected chi connectivity index (χ2v) is 3.94. The molecule has 0 aromatic heterocycles. The summed E-state index contributed by atoms with van der Waals surface area (Å²) in [5.41, 5.74) is 2.12. The average Bonchev–Trinajstić information content (AvgIpc) is 2.34. The lowest BCUT2D eigenvalue weighted by atomic mass is 10.1. The van der Waals surface area contributed by atoms with Crippen LogP contribution in [0.4, 0.5) is 4.79 Å². The van der Waals surface area contributed by atoms with Crippen LogP contribution in [0.2, 0.25) is 0 Å². The van der Waals surface area contributed by atoms with Gasteiger partial charge < -0.3 is 10.1 Å². The molecule has 0 unspecified atom stereocenters. The summed E-state index contributed by atoms with van der Waals surface area (Å²) < 4.78 is 4.98. The van der Waals surface area contributed by atoms with Crippen LogP contribution in [0, 0.1) is 0 Å². The van der Waals surface area contributed by atoms with Gasteiger partial charge >= 0.3 is 6.09 Å². The van der Waals surface area contributed by atoms with E-state index in [1.165, 1.54) is 0 Å². The van der Waals surface area contributed by atoms with E-state index in [1.54, 1.807) is 0 Å². The van der Waals surface area contributed by atoms with Crippen molar-refractivity contribution in [1.29, 1.82) is 0 Å². The van der Waals surface area contributed by atoms with Crippen LogP contribution >= 0.6 is 12.6 Å². The maximum atomic E-state index is 11.2. The highest BCUT2D eigenvalue weighted by molar-refractivity contribution is 7.96. The Morgan fingerprint density at radius 3 is 2.53 bits per heavy atom. The van der Waals surface area contributed by atoms with E-state index in [9.17, 15) is 9.59 Å². The first-order valence-corrected chi connectivity index (χ1v) is 5.77. The summed E-state index contributed by atoms with van der Waals surface area (Å²) in [7, 11) is 0. The van der Waals surface area contributed by atoms with Crippen molar-refractivity contribution in [3.63, 3.8) is 0 Å². The van der Waals surface area contributed by atoms with Gasteiger partial charge in [0.1, 0.15) is 6.61 Å². The third-order valence-corrected chi connectivity index (χ3v) is 2.40. The molecule has 0 aliphatic carbocycles. The molecule has 0 radical (unpaired) electrons. The predicted octanol–water partition coefficient (Wildman–Crippen LogP) is 1.93. The van der Waals surface area contributed by atoms with Gasteiger partial charge in [0.05, 0.1) is 6.54 Å². The first kappa shape index (κ1) is 13.6. The van der Waals surface area contributed by atoms with Crippen molar-refractivity contribution in [2.24, 2.45) is 0 Å². The fraction of sp³-hybridized carbons (Fsp3) is 0.333. The number of carbonyl (C=O) groups is 2. The molecule has 0 spiro atoms. The van der Waals surface area contributed by atoms with Gasteiger partial charge in [-0.2, -0.15) is 0 Å². The van der Waals surface area contributed by atoms with E-state index >= 15 is 0 Å². The molecule has 92 valence electrons. The number of amides is 1. The van der Waals surface area contributed by atoms with E-state index in [4.69, 9.17) is 4.74 Å². The lowest BCUT2D eigenvalue weighted by molar-refractivity contribution is -0.110. The van der Waals surface area contributed by atoms with E-state index in [0.717, 1.165) is 17.5 Å². The first-order chi connectivity index (χ1) is 8.13. The predicted molar refractivity (Wildman–Crippen MR) is 68.0 cm³/mol. The lowest BCUT2D eigenvalue weighted by Gasteiger charge is -2.08. The van der Waals surface area contributed by atoms with Crippen LogP contribution in [0.5, 0.6) is 0 Å². The minimum atomic E-state index is -0.613. The molecule has 1 rings (SSSR count). The number of rotatable bonds is 5. The standard InChI is InChI=1S/C12H15NO3S/c1-2-9-5-3-4-6-10(9)8-16-12(15)13-7-11(14)17/h3-6H,2,7-8H2,1H3,(H,13,15)(H,14,17). The second-order valence-electron chi connectivity index (χ2n) is 3.45. The van der Waals surface area contributed by atoms with Crippen LogP contribution in [0.25, 0.3) is 0 Å². The number of hydrogen-bond donors (Lipinski definition) is 2. The monoisotopic (exact) mass is 253 g/mol. The molecule has 17 heavy (non-hydrogen) atoms. The normalized spacial score (nSPS) is 9.76. The SMILES string of the molecule is CCc1ccccc1COC(=O)NCC(=O)S. The zero-order valence-electron chi connectivity index (χ0n) is 9.60. The van der Waals surface area contributed by atoms with Crippen molar-refractivity contribution in [2.45, 2.75) is 20.0 Å². The summed E-state index contributed by atoms with van der Waals surface area (Å²) in [4.78, 5) is 21.7. The van der Waals surface area contributed by atoms with Gasteiger partial charge in [-0.1, -0.05) is 31.2 Å². The van der Waals surface area contributed by atoms with Gasteiger partial charge in [-0.3, -0.25) is 4.79 Å². The number of ether oxygens (including phenoxy) is 1. The third kappa shape index (κ3) is 4.91. The maximum Gasteiger partial charge on any atom is 0.407 e. The smallest absolute Gasteiger partial charge is 0.407 e. The Kier molecular flexibility index (Phi) is 5.56. The number of alkyl carbamates (subject to hydrolysis) is 1. The summed E-state index contributed by atoms with van der Waals surface area (Å²) in [6, 6.07) is 7.75. The first-order valence-electron chi connectivity index (χ1n) is 5.32. The molecule has 1 N–H and O–H groups in total. The van der Waals surface area contributed by atoms with Gasteiger partial charge in [-0.25, -0.2) is 4.79 Å². The summed E-state index contributed by atoms with van der Waals surface area (Å²) in [5.74, 6) is 0. The highest BCUT2D eigenvalue weighted by Gasteiger charge is 2.05. The van der Waals surface area contributed by atoms with Crippen molar-refractivity contribution in [3.8, 4) is 0 Å². The summed E-state index contributed by atoms with van der Waals surface area (Å²) in [6.07, 6.45) is 0.273. The summed E-state index contributed by atoms with van der Waals surface area (Å²) in [6.45, 7) is 2.12. The Morgan fingerprint density at radius 1 is 1.29 bits per heavy atom. The molecule has 4 nitrogen and oxygen atoms in total. The topological polar surface area (TPSA) is 55.4 Å². The number of benzene rings is 1. The maximum absolute atomic E-state index is 11.2. The molecule has 1 aromatic carbocycles. The fourth-order valence-corrected chi connectivity index (χ4v) is 1.46. The molecule has 0 atom stereocenters. The Hall–Kier alpha value is -1.49. The molecule has 5 heteroatoms. The van der Waals surface area contributed by atoms with Crippen LogP contribution in [-0.4, -0.2) is 17.8 Å². The second kappa shape index (κ2) is 6.96. The van der Waals surface area contributed by atoms with Crippen molar-refractivity contribution in [2.75, 3.05) is 6.54 Å². The van der Waals surface area contributed by atoms with Gasteiger partial charge in [0.15, 0.2) is 0 Å². The Bertz CT molecular complexity index is 406. The number of thiol groups is 1. The Labute approximate surface area is 106 Å². The van der Waals surface area contributed by atoms with Crippen LogP contribution in [-0.2, 0) is 22.6 Å². The third-order valence-electron chi connectivity index (χ3n) is 2.24. The molecule has 0 bridgehead atoms. The van der Waals surface area contributed by atoms with Crippen LogP contribution < -0.4 is 5.32 Å². The van der Waals surface area contributed by atoms with Gasteiger partial charge in [0.25, 0.3) is 0 Å². The largest absolute Gasteiger partial charge is 0.445 e. The quantitative estimate of drug-likeness (QED) is 0.788. The van der Waals surface area contributed by atoms with Crippen LogP contribution in [0.3, 0.4) is 0 Å². The lowest BCUT2D eigenvalue weighted by Crippen LogP contribution is -2.28. The van der Waals surface area contributed by atoms with Crippen molar-refractivity contribution < 1.29 is 14.3 Å². The minimum absolute atomic E-state index is 0.128. The van der Waals surface area contributed by atoms with E-state index in [0.29, 0.717) is 0 Å². The summed E-state index contributed by atoms with van der Waals surface area (Å²) >= 11 is 3.53. The van der Waals surface area contributed by atoms with E-state index in [-0.39, 0.29) is 13.2 Å². The molecule has 1 aromatic rings. The van der Waals surface area contributed by atoms with Crippen LogP contribution in [0.1, 0.15) is 18.1 Å². The van der Waals surface area contributed by atoms with E-state index < -0.39 is 11.2 Å². The minimum Gasteiger partial charge on any atom is -0.445 e. The molecule has 0 aliphatic rings. The zero-order valence-corrected chi connectivity index (χ0v) is 10.5. The highest BCUT2D eigenvalue weighted by atomic mass is 32.1. The van der Waals surface area contributed by atoms with Gasteiger partial charge in [0, 0.05) is 0 Å². The van der Waals surface area contributed by atoms with E-state index in [1.807, 2.05) is 31.2 Å². The fourth-order valence-electron chi connectivity index (χ4n) is 1.39. The number of nitrogens with one attached hydrogen (secondary N) is 1.